The van der Waals surface area contributed by atoms with E-state index in [1.54, 1.807) is 0 Å². The van der Waals surface area contributed by atoms with Crippen molar-refractivity contribution in [2.45, 2.75) is 19.3 Å². The first-order valence-corrected chi connectivity index (χ1v) is 3.95. The summed E-state index contributed by atoms with van der Waals surface area (Å²) in [5.41, 5.74) is 2.76. The normalized spacial score (nSPS) is 22.7. The lowest BCUT2D eigenvalue weighted by atomic mass is 10.2. The van der Waals surface area contributed by atoms with E-state index in [4.69, 9.17) is 5.11 Å². The van der Waals surface area contributed by atoms with Gasteiger partial charge in [-0.3, -0.25) is 0 Å². The molecule has 0 bridgehead atoms. The van der Waals surface area contributed by atoms with Crippen molar-refractivity contribution in [1.82, 2.24) is 4.90 Å². The number of carbonyl (C=O) groups is 1. The van der Waals surface area contributed by atoms with Crippen molar-refractivity contribution >= 4 is 6.09 Å². The van der Waals surface area contributed by atoms with Crippen molar-refractivity contribution in [3.63, 3.8) is 0 Å². The number of hydrogen-bond acceptors (Lipinski definition) is 1. The maximum atomic E-state index is 10.5. The van der Waals surface area contributed by atoms with Gasteiger partial charge in [0, 0.05) is 13.1 Å². The predicted molar refractivity (Wildman–Crippen MR) is 40.5 cm³/mol. The number of amides is 1. The maximum Gasteiger partial charge on any atom is 0.407 e. The third kappa shape index (κ3) is 1.00. The third-order valence-corrected chi connectivity index (χ3v) is 2.49. The molecule has 0 radical (unpaired) electrons. The zero-order valence-electron chi connectivity index (χ0n) is 6.34. The third-order valence-electron chi connectivity index (χ3n) is 2.49. The zero-order chi connectivity index (χ0) is 7.84. The van der Waals surface area contributed by atoms with E-state index < -0.39 is 6.09 Å². The first kappa shape index (κ1) is 6.70. The first-order chi connectivity index (χ1) is 5.27. The summed E-state index contributed by atoms with van der Waals surface area (Å²) in [6.07, 6.45) is 2.70. The molecule has 0 spiro atoms. The fourth-order valence-corrected chi connectivity index (χ4v) is 1.90. The van der Waals surface area contributed by atoms with Crippen molar-refractivity contribution in [1.29, 1.82) is 0 Å². The quantitative estimate of drug-likeness (QED) is 0.535. The lowest BCUT2D eigenvalue weighted by Crippen LogP contribution is -2.27. The van der Waals surface area contributed by atoms with Crippen LogP contribution >= 0.6 is 0 Å². The highest BCUT2D eigenvalue weighted by Gasteiger charge is 2.27. The van der Waals surface area contributed by atoms with Gasteiger partial charge in [0.25, 0.3) is 0 Å². The van der Waals surface area contributed by atoms with Gasteiger partial charge >= 0.3 is 6.09 Å². The van der Waals surface area contributed by atoms with Crippen molar-refractivity contribution in [3.8, 4) is 0 Å². The van der Waals surface area contributed by atoms with E-state index in [0.29, 0.717) is 13.1 Å². The van der Waals surface area contributed by atoms with Gasteiger partial charge in [-0.1, -0.05) is 0 Å². The van der Waals surface area contributed by atoms with E-state index in [1.165, 1.54) is 22.5 Å². The predicted octanol–water partition coefficient (Wildman–Crippen LogP) is 1.46. The largest absolute Gasteiger partial charge is 0.465 e. The van der Waals surface area contributed by atoms with Gasteiger partial charge in [0.1, 0.15) is 0 Å². The van der Waals surface area contributed by atoms with Crippen molar-refractivity contribution in [2.24, 2.45) is 0 Å². The average molecular weight is 153 g/mol. The second-order valence-electron chi connectivity index (χ2n) is 3.20. The first-order valence-electron chi connectivity index (χ1n) is 3.95. The van der Waals surface area contributed by atoms with Crippen LogP contribution in [0.25, 0.3) is 0 Å². The number of carboxylic acid groups (broad SMARTS) is 1. The molecule has 2 aliphatic rings. The SMILES string of the molecule is O=C(O)N1CC2=C(CCC2)C1. The second kappa shape index (κ2) is 2.26. The Morgan fingerprint density at radius 3 is 2.27 bits per heavy atom. The minimum absolute atomic E-state index is 0.671. The van der Waals surface area contributed by atoms with Gasteiger partial charge < -0.3 is 10.0 Å². The molecule has 0 atom stereocenters. The van der Waals surface area contributed by atoms with Gasteiger partial charge in [0.15, 0.2) is 0 Å². The van der Waals surface area contributed by atoms with Crippen LogP contribution in [0, 0.1) is 0 Å². The highest BCUT2D eigenvalue weighted by molar-refractivity contribution is 5.67. The Bertz CT molecular complexity index is 216. The van der Waals surface area contributed by atoms with Crippen LogP contribution in [-0.2, 0) is 0 Å². The molecular weight excluding hydrogens is 142 g/mol. The van der Waals surface area contributed by atoms with Gasteiger partial charge in [-0.05, 0) is 30.4 Å². The van der Waals surface area contributed by atoms with Crippen LogP contribution in [0.1, 0.15) is 19.3 Å². The molecule has 60 valence electrons. The number of rotatable bonds is 0. The van der Waals surface area contributed by atoms with Crippen molar-refractivity contribution in [2.75, 3.05) is 13.1 Å². The van der Waals surface area contributed by atoms with Crippen molar-refractivity contribution in [3.05, 3.63) is 11.1 Å². The fraction of sp³-hybridized carbons (Fsp3) is 0.625. The summed E-state index contributed by atoms with van der Waals surface area (Å²) < 4.78 is 0. The van der Waals surface area contributed by atoms with Gasteiger partial charge in [-0.25, -0.2) is 4.79 Å². The Morgan fingerprint density at radius 2 is 1.82 bits per heavy atom. The maximum absolute atomic E-state index is 10.5. The summed E-state index contributed by atoms with van der Waals surface area (Å²) in [6, 6.07) is 0. The molecular formula is C8H11NO2. The minimum atomic E-state index is -0.778. The van der Waals surface area contributed by atoms with E-state index in [0.717, 1.165) is 12.8 Å². The summed E-state index contributed by atoms with van der Waals surface area (Å²) in [7, 11) is 0. The molecule has 0 saturated heterocycles. The van der Waals surface area contributed by atoms with Crippen LogP contribution < -0.4 is 0 Å². The van der Waals surface area contributed by atoms with E-state index in [-0.39, 0.29) is 0 Å². The summed E-state index contributed by atoms with van der Waals surface area (Å²) in [5.74, 6) is 0. The molecule has 1 heterocycles. The topological polar surface area (TPSA) is 40.5 Å². The Kier molecular flexibility index (Phi) is 1.37. The monoisotopic (exact) mass is 153 g/mol. The summed E-state index contributed by atoms with van der Waals surface area (Å²) in [5, 5.41) is 8.67. The molecule has 0 unspecified atom stereocenters. The van der Waals surface area contributed by atoms with Crippen LogP contribution in [0.15, 0.2) is 11.1 Å². The Hall–Kier alpha value is -0.990. The minimum Gasteiger partial charge on any atom is -0.465 e. The Balaban J connectivity index is 2.06. The molecule has 1 aliphatic heterocycles. The fourth-order valence-electron chi connectivity index (χ4n) is 1.90. The van der Waals surface area contributed by atoms with Crippen LogP contribution in [0.2, 0.25) is 0 Å². The Labute approximate surface area is 65.3 Å². The highest BCUT2D eigenvalue weighted by atomic mass is 16.4. The number of likely N-dealkylation sites (tertiary alicyclic amines) is 1. The van der Waals surface area contributed by atoms with Crippen LogP contribution in [0.4, 0.5) is 4.79 Å². The second-order valence-corrected chi connectivity index (χ2v) is 3.20. The molecule has 11 heavy (non-hydrogen) atoms. The van der Waals surface area contributed by atoms with Gasteiger partial charge in [-0.15, -0.1) is 0 Å². The standard InChI is InChI=1S/C8H11NO2/c10-8(11)9-4-6-2-1-3-7(6)5-9/h1-5H2,(H,10,11). The molecule has 2 rings (SSSR count). The van der Waals surface area contributed by atoms with Crippen molar-refractivity contribution < 1.29 is 9.90 Å². The lowest BCUT2D eigenvalue weighted by molar-refractivity contribution is 0.156. The number of hydrogen-bond donors (Lipinski definition) is 1. The molecule has 1 amide bonds. The number of nitrogens with zero attached hydrogens (tertiary/aromatic N) is 1. The zero-order valence-corrected chi connectivity index (χ0v) is 6.34. The van der Waals surface area contributed by atoms with E-state index in [1.807, 2.05) is 0 Å². The van der Waals surface area contributed by atoms with E-state index in [9.17, 15) is 4.79 Å². The van der Waals surface area contributed by atoms with Gasteiger partial charge in [0.2, 0.25) is 0 Å². The molecule has 0 fully saturated rings. The molecule has 3 nitrogen and oxygen atoms in total. The Morgan fingerprint density at radius 1 is 1.27 bits per heavy atom. The molecule has 1 N–H and O–H groups in total. The van der Waals surface area contributed by atoms with E-state index in [2.05, 4.69) is 0 Å². The molecule has 3 heteroatoms. The molecule has 0 aromatic carbocycles. The van der Waals surface area contributed by atoms with Crippen LogP contribution in [-0.4, -0.2) is 29.2 Å². The summed E-state index contributed by atoms with van der Waals surface area (Å²) in [6.45, 7) is 1.34. The lowest BCUT2D eigenvalue weighted by Gasteiger charge is -2.12. The average Bonchev–Trinajstić information content (AvgIpc) is 2.40. The molecule has 1 aliphatic carbocycles. The van der Waals surface area contributed by atoms with E-state index >= 15 is 0 Å². The molecule has 0 aromatic rings. The van der Waals surface area contributed by atoms with Gasteiger partial charge in [-0.2, -0.15) is 0 Å². The van der Waals surface area contributed by atoms with Gasteiger partial charge in [0.05, 0.1) is 0 Å². The highest BCUT2D eigenvalue weighted by Crippen LogP contribution is 2.31. The smallest absolute Gasteiger partial charge is 0.407 e. The summed E-state index contributed by atoms with van der Waals surface area (Å²) >= 11 is 0. The van der Waals surface area contributed by atoms with Crippen LogP contribution in [0.5, 0.6) is 0 Å². The summed E-state index contributed by atoms with van der Waals surface area (Å²) in [4.78, 5) is 12.0. The van der Waals surface area contributed by atoms with Crippen LogP contribution in [0.3, 0.4) is 0 Å². The molecule has 0 aromatic heterocycles. The molecule has 0 saturated carbocycles.